The highest BCUT2D eigenvalue weighted by molar-refractivity contribution is 6.31. The molecule has 0 radical (unpaired) electrons. The summed E-state index contributed by atoms with van der Waals surface area (Å²) in [6, 6.07) is 23.2. The molecule has 1 aliphatic rings. The van der Waals surface area contributed by atoms with Crippen molar-refractivity contribution < 1.29 is 14.3 Å². The smallest absolute Gasteiger partial charge is 0.324 e. The summed E-state index contributed by atoms with van der Waals surface area (Å²) in [6.07, 6.45) is 1.36. The van der Waals surface area contributed by atoms with Gasteiger partial charge in [-0.25, -0.2) is 9.99 Å². The molecule has 2 heterocycles. The zero-order chi connectivity index (χ0) is 29.8. The van der Waals surface area contributed by atoms with Crippen molar-refractivity contribution >= 4 is 46.5 Å². The standard InChI is InChI=1S/C31H28Cl2N6O3/c1-18(2)26(28(34)40)36-30(41)24-16-35-31(42-23-14-12-22(33)13-15-23)37-29(24)39-17-25(19-6-4-3-5-7-19)27(38-39)20-8-10-21(32)11-9-20/h3-16,18,25-26H,17H2,1-2H3,(H2,34,40)(H,36,41)/t25?,26-/m0/s1. The zero-order valence-corrected chi connectivity index (χ0v) is 24.4. The van der Waals surface area contributed by atoms with E-state index in [9.17, 15) is 9.59 Å². The fraction of sp³-hybridized carbons (Fsp3) is 0.194. The van der Waals surface area contributed by atoms with Gasteiger partial charge < -0.3 is 15.8 Å². The lowest BCUT2D eigenvalue weighted by molar-refractivity contribution is -0.120. The summed E-state index contributed by atoms with van der Waals surface area (Å²) in [5, 5.41) is 10.5. The fourth-order valence-corrected chi connectivity index (χ4v) is 4.87. The Morgan fingerprint density at radius 3 is 2.24 bits per heavy atom. The second kappa shape index (κ2) is 12.6. The van der Waals surface area contributed by atoms with E-state index < -0.39 is 17.9 Å². The number of nitrogens with two attached hydrogens (primary N) is 1. The second-order valence-electron chi connectivity index (χ2n) is 10.1. The average molecular weight is 604 g/mol. The van der Waals surface area contributed by atoms with Crippen LogP contribution in [0.1, 0.15) is 41.3 Å². The highest BCUT2D eigenvalue weighted by atomic mass is 35.5. The van der Waals surface area contributed by atoms with E-state index in [2.05, 4.69) is 15.3 Å². The molecule has 0 fully saturated rings. The van der Waals surface area contributed by atoms with Gasteiger partial charge in [0.15, 0.2) is 5.82 Å². The van der Waals surface area contributed by atoms with Crippen molar-refractivity contribution in [1.29, 1.82) is 0 Å². The molecule has 2 atom stereocenters. The number of hydrogen-bond donors (Lipinski definition) is 2. The molecule has 0 spiro atoms. The molecule has 2 amide bonds. The molecule has 3 N–H and O–H groups in total. The molecule has 1 aromatic heterocycles. The Kier molecular flexibility index (Phi) is 8.70. The van der Waals surface area contributed by atoms with E-state index in [1.165, 1.54) is 6.20 Å². The number of rotatable bonds is 9. The molecule has 9 nitrogen and oxygen atoms in total. The summed E-state index contributed by atoms with van der Waals surface area (Å²) in [5.41, 5.74) is 8.37. The first-order chi connectivity index (χ1) is 20.2. The Labute approximate surface area is 253 Å². The van der Waals surface area contributed by atoms with Crippen molar-refractivity contribution in [2.75, 3.05) is 11.6 Å². The van der Waals surface area contributed by atoms with E-state index in [0.29, 0.717) is 22.3 Å². The van der Waals surface area contributed by atoms with Crippen LogP contribution in [0.3, 0.4) is 0 Å². The summed E-state index contributed by atoms with van der Waals surface area (Å²) < 4.78 is 5.89. The quantitative estimate of drug-likeness (QED) is 0.249. The van der Waals surface area contributed by atoms with Crippen LogP contribution in [-0.2, 0) is 4.79 Å². The van der Waals surface area contributed by atoms with Crippen molar-refractivity contribution in [1.82, 2.24) is 15.3 Å². The lowest BCUT2D eigenvalue weighted by Crippen LogP contribution is -2.48. The van der Waals surface area contributed by atoms with Gasteiger partial charge in [-0.1, -0.05) is 79.5 Å². The van der Waals surface area contributed by atoms with Gasteiger partial charge in [0.05, 0.1) is 12.3 Å². The number of aromatic nitrogens is 2. The first-order valence-corrected chi connectivity index (χ1v) is 14.0. The van der Waals surface area contributed by atoms with Crippen LogP contribution in [0.15, 0.2) is 90.2 Å². The molecule has 1 aliphatic heterocycles. The molecule has 42 heavy (non-hydrogen) atoms. The van der Waals surface area contributed by atoms with Gasteiger partial charge in [0.2, 0.25) is 5.91 Å². The number of primary amides is 1. The van der Waals surface area contributed by atoms with Crippen molar-refractivity contribution in [3.8, 4) is 11.8 Å². The lowest BCUT2D eigenvalue weighted by atomic mass is 9.90. The topological polar surface area (TPSA) is 123 Å². The van der Waals surface area contributed by atoms with Crippen LogP contribution in [-0.4, -0.2) is 40.1 Å². The maximum absolute atomic E-state index is 13.5. The van der Waals surface area contributed by atoms with Crippen molar-refractivity contribution in [2.45, 2.75) is 25.8 Å². The first-order valence-electron chi connectivity index (χ1n) is 13.3. The molecule has 11 heteroatoms. The van der Waals surface area contributed by atoms with Crippen molar-refractivity contribution in [3.63, 3.8) is 0 Å². The average Bonchev–Trinajstić information content (AvgIpc) is 3.43. The third-order valence-electron chi connectivity index (χ3n) is 6.77. The summed E-state index contributed by atoms with van der Waals surface area (Å²) in [5.74, 6) is -0.905. The minimum Gasteiger partial charge on any atom is -0.424 e. The van der Waals surface area contributed by atoms with E-state index in [-0.39, 0.29) is 29.2 Å². The molecular weight excluding hydrogens is 575 g/mol. The predicted molar refractivity (Wildman–Crippen MR) is 163 cm³/mol. The lowest BCUT2D eigenvalue weighted by Gasteiger charge is -2.22. The van der Waals surface area contributed by atoms with Gasteiger partial charge in [-0.2, -0.15) is 10.1 Å². The third-order valence-corrected chi connectivity index (χ3v) is 7.28. The number of nitrogens with one attached hydrogen (secondary N) is 1. The number of amides is 2. The molecule has 1 unspecified atom stereocenters. The minimum absolute atomic E-state index is 0.00517. The maximum atomic E-state index is 13.5. The first kappa shape index (κ1) is 29.0. The Bertz CT molecular complexity index is 1610. The SMILES string of the molecule is CC(C)[C@H](NC(=O)c1cnc(Oc2ccc(Cl)cc2)nc1N1CC(c2ccccc2)C(c2ccc(Cl)cc2)=N1)C(N)=O. The number of anilines is 1. The van der Waals surface area contributed by atoms with Gasteiger partial charge in [-0.05, 0) is 53.4 Å². The Balaban J connectivity index is 1.58. The molecule has 0 saturated carbocycles. The van der Waals surface area contributed by atoms with E-state index in [4.69, 9.17) is 38.8 Å². The molecule has 0 saturated heterocycles. The number of halogens is 2. The number of carbonyl (C=O) groups excluding carboxylic acids is 2. The number of carbonyl (C=O) groups is 2. The van der Waals surface area contributed by atoms with E-state index in [1.54, 1.807) is 43.1 Å². The Morgan fingerprint density at radius 1 is 0.976 bits per heavy atom. The third kappa shape index (κ3) is 6.53. The number of hydrogen-bond acceptors (Lipinski definition) is 7. The van der Waals surface area contributed by atoms with Gasteiger partial charge >= 0.3 is 6.01 Å². The van der Waals surface area contributed by atoms with Crippen molar-refractivity contribution in [3.05, 3.63) is 112 Å². The second-order valence-corrected chi connectivity index (χ2v) is 11.0. The van der Waals surface area contributed by atoms with Gasteiger partial charge in [0.1, 0.15) is 17.4 Å². The molecule has 0 aliphatic carbocycles. The van der Waals surface area contributed by atoms with E-state index in [0.717, 1.165) is 16.8 Å². The van der Waals surface area contributed by atoms with E-state index in [1.807, 2.05) is 54.6 Å². The molecule has 214 valence electrons. The van der Waals surface area contributed by atoms with Crippen LogP contribution >= 0.6 is 23.2 Å². The minimum atomic E-state index is -0.890. The van der Waals surface area contributed by atoms with Crippen LogP contribution in [0.4, 0.5) is 5.82 Å². The predicted octanol–water partition coefficient (Wildman–Crippen LogP) is 5.82. The summed E-state index contributed by atoms with van der Waals surface area (Å²) in [4.78, 5) is 34.5. The fourth-order valence-electron chi connectivity index (χ4n) is 4.62. The van der Waals surface area contributed by atoms with Crippen molar-refractivity contribution in [2.24, 2.45) is 16.8 Å². The van der Waals surface area contributed by atoms with E-state index >= 15 is 0 Å². The number of ether oxygens (including phenoxy) is 1. The number of benzene rings is 3. The zero-order valence-electron chi connectivity index (χ0n) is 22.9. The molecule has 4 aromatic rings. The summed E-state index contributed by atoms with van der Waals surface area (Å²) >= 11 is 12.2. The Hall–Kier alpha value is -4.47. The summed E-state index contributed by atoms with van der Waals surface area (Å²) in [7, 11) is 0. The normalized spacial score (nSPS) is 15.3. The monoisotopic (exact) mass is 602 g/mol. The molecular formula is C31H28Cl2N6O3. The van der Waals surface area contributed by atoms with Gasteiger partial charge in [0, 0.05) is 22.2 Å². The number of nitrogens with zero attached hydrogens (tertiary/aromatic N) is 4. The maximum Gasteiger partial charge on any atom is 0.324 e. The Morgan fingerprint density at radius 2 is 1.62 bits per heavy atom. The number of hydrazone groups is 1. The highest BCUT2D eigenvalue weighted by Crippen LogP contribution is 2.34. The van der Waals surface area contributed by atoms with Crippen LogP contribution in [0, 0.1) is 5.92 Å². The molecule has 5 rings (SSSR count). The molecule has 3 aromatic carbocycles. The van der Waals surface area contributed by atoms with Gasteiger partial charge in [0.25, 0.3) is 5.91 Å². The molecule has 0 bridgehead atoms. The van der Waals surface area contributed by atoms with Gasteiger partial charge in [-0.15, -0.1) is 0 Å². The highest BCUT2D eigenvalue weighted by Gasteiger charge is 2.34. The van der Waals surface area contributed by atoms with Crippen LogP contribution < -0.4 is 20.8 Å². The summed E-state index contributed by atoms with van der Waals surface area (Å²) in [6.45, 7) is 3.97. The van der Waals surface area contributed by atoms with Crippen LogP contribution in [0.2, 0.25) is 10.0 Å². The van der Waals surface area contributed by atoms with Crippen LogP contribution in [0.25, 0.3) is 0 Å². The largest absolute Gasteiger partial charge is 0.424 e. The van der Waals surface area contributed by atoms with Crippen LogP contribution in [0.5, 0.6) is 11.8 Å². The van der Waals surface area contributed by atoms with Gasteiger partial charge in [-0.3, -0.25) is 9.59 Å².